The second-order valence-corrected chi connectivity index (χ2v) is 7.48. The van der Waals surface area contributed by atoms with Gasteiger partial charge in [-0.2, -0.15) is 0 Å². The Morgan fingerprint density at radius 3 is 2.62 bits per heavy atom. The van der Waals surface area contributed by atoms with Gasteiger partial charge in [0.15, 0.2) is 0 Å². The molecule has 1 amide bonds. The van der Waals surface area contributed by atoms with Gasteiger partial charge in [-0.1, -0.05) is 25.0 Å². The Labute approximate surface area is 135 Å². The Morgan fingerprint density at radius 2 is 2.00 bits per heavy atom. The van der Waals surface area contributed by atoms with Crippen LogP contribution < -0.4 is 5.32 Å². The first kappa shape index (κ1) is 16.7. The van der Waals surface area contributed by atoms with E-state index in [4.69, 9.17) is 0 Å². The third kappa shape index (κ3) is 5.57. The van der Waals surface area contributed by atoms with Gasteiger partial charge in [0.25, 0.3) is 0 Å². The lowest BCUT2D eigenvalue weighted by atomic mass is 10.1. The maximum absolute atomic E-state index is 11.8. The zero-order chi connectivity index (χ0) is 15.1. The molecule has 0 aliphatic heterocycles. The van der Waals surface area contributed by atoms with Crippen molar-refractivity contribution in [2.75, 3.05) is 18.6 Å². The fraction of sp³-hybridized carbons (Fsp3) is 0.562. The molecule has 0 unspecified atom stereocenters. The smallest absolute Gasteiger partial charge is 0.230 e. The lowest BCUT2D eigenvalue weighted by Gasteiger charge is -2.13. The summed E-state index contributed by atoms with van der Waals surface area (Å²) < 4.78 is 0. The maximum Gasteiger partial charge on any atom is 0.230 e. The molecule has 1 saturated carbocycles. The molecule has 116 valence electrons. The first-order valence-electron chi connectivity index (χ1n) is 7.39. The number of rotatable bonds is 7. The van der Waals surface area contributed by atoms with Gasteiger partial charge in [-0.05, 0) is 36.8 Å². The van der Waals surface area contributed by atoms with Crippen molar-refractivity contribution in [2.24, 2.45) is 0 Å². The molecule has 0 radical (unpaired) electrons. The minimum Gasteiger partial charge on any atom is -0.387 e. The van der Waals surface area contributed by atoms with Gasteiger partial charge in [-0.25, -0.2) is 0 Å². The SMILES string of the molecule is CSc1ccc([C@H](O)CNC(=O)CSC2CCCC2)cc1. The highest BCUT2D eigenvalue weighted by Crippen LogP contribution is 2.29. The van der Waals surface area contributed by atoms with Crippen LogP contribution in [0.4, 0.5) is 0 Å². The Morgan fingerprint density at radius 1 is 1.33 bits per heavy atom. The van der Waals surface area contributed by atoms with Gasteiger partial charge in [-0.15, -0.1) is 23.5 Å². The van der Waals surface area contributed by atoms with E-state index in [0.29, 0.717) is 11.0 Å². The van der Waals surface area contributed by atoms with Crippen molar-refractivity contribution < 1.29 is 9.90 Å². The zero-order valence-electron chi connectivity index (χ0n) is 12.4. The summed E-state index contributed by atoms with van der Waals surface area (Å²) in [5.41, 5.74) is 0.844. The van der Waals surface area contributed by atoms with E-state index in [1.807, 2.05) is 30.5 Å². The number of thioether (sulfide) groups is 2. The summed E-state index contributed by atoms with van der Waals surface area (Å²) >= 11 is 3.42. The molecule has 1 aliphatic carbocycles. The summed E-state index contributed by atoms with van der Waals surface area (Å²) in [5.74, 6) is 0.523. The first-order valence-corrected chi connectivity index (χ1v) is 9.66. The monoisotopic (exact) mass is 325 g/mol. The minimum atomic E-state index is -0.638. The Bertz CT molecular complexity index is 444. The van der Waals surface area contributed by atoms with Crippen molar-refractivity contribution in [2.45, 2.75) is 41.9 Å². The summed E-state index contributed by atoms with van der Waals surface area (Å²) in [5, 5.41) is 13.6. The fourth-order valence-electron chi connectivity index (χ4n) is 2.45. The predicted molar refractivity (Wildman–Crippen MR) is 90.9 cm³/mol. The molecular weight excluding hydrogens is 302 g/mol. The van der Waals surface area contributed by atoms with Crippen molar-refractivity contribution in [3.8, 4) is 0 Å². The summed E-state index contributed by atoms with van der Waals surface area (Å²) in [7, 11) is 0. The number of carbonyl (C=O) groups excluding carboxylic acids is 1. The molecule has 5 heteroatoms. The molecule has 0 saturated heterocycles. The van der Waals surface area contributed by atoms with E-state index < -0.39 is 6.10 Å². The molecule has 2 N–H and O–H groups in total. The Hall–Kier alpha value is -0.650. The molecule has 1 aromatic carbocycles. The van der Waals surface area contributed by atoms with E-state index in [9.17, 15) is 9.90 Å². The van der Waals surface area contributed by atoms with Crippen molar-refractivity contribution in [3.05, 3.63) is 29.8 Å². The van der Waals surface area contributed by atoms with Gasteiger partial charge in [0.05, 0.1) is 11.9 Å². The van der Waals surface area contributed by atoms with Crippen LogP contribution in [-0.2, 0) is 4.79 Å². The molecule has 2 rings (SSSR count). The molecule has 1 aromatic rings. The van der Waals surface area contributed by atoms with Crippen LogP contribution in [-0.4, -0.2) is 34.8 Å². The molecular formula is C16H23NO2S2. The fourth-order valence-corrected chi connectivity index (χ4v) is 4.02. The van der Waals surface area contributed by atoms with E-state index in [1.54, 1.807) is 23.5 Å². The second-order valence-electron chi connectivity index (χ2n) is 5.31. The normalized spacial score (nSPS) is 16.9. The van der Waals surface area contributed by atoms with E-state index in [1.165, 1.54) is 30.6 Å². The Kier molecular flexibility index (Phi) is 6.93. The quantitative estimate of drug-likeness (QED) is 0.756. The number of carbonyl (C=O) groups is 1. The molecule has 21 heavy (non-hydrogen) atoms. The van der Waals surface area contributed by atoms with Crippen LogP contribution in [0.2, 0.25) is 0 Å². The van der Waals surface area contributed by atoms with Crippen LogP contribution in [0.5, 0.6) is 0 Å². The number of nitrogens with one attached hydrogen (secondary N) is 1. The number of benzene rings is 1. The highest BCUT2D eigenvalue weighted by atomic mass is 32.2. The van der Waals surface area contributed by atoms with Crippen LogP contribution in [0.1, 0.15) is 37.4 Å². The molecule has 1 fully saturated rings. The van der Waals surface area contributed by atoms with Gasteiger partial charge in [0.2, 0.25) is 5.91 Å². The minimum absolute atomic E-state index is 0.0201. The predicted octanol–water partition coefficient (Wildman–Crippen LogP) is 3.23. The zero-order valence-corrected chi connectivity index (χ0v) is 14.0. The van der Waals surface area contributed by atoms with Crippen molar-refractivity contribution >= 4 is 29.4 Å². The maximum atomic E-state index is 11.8. The molecule has 0 heterocycles. The van der Waals surface area contributed by atoms with Gasteiger partial charge in [0.1, 0.15) is 0 Å². The molecule has 0 aromatic heterocycles. The van der Waals surface area contributed by atoms with Gasteiger partial charge in [0, 0.05) is 16.7 Å². The van der Waals surface area contributed by atoms with Gasteiger partial charge >= 0.3 is 0 Å². The standard InChI is InChI=1S/C16H23NO2S2/c1-20-13-8-6-12(7-9-13)15(18)10-17-16(19)11-21-14-4-2-3-5-14/h6-9,14-15,18H,2-5,10-11H2,1H3,(H,17,19)/t15-/m1/s1. The van der Waals surface area contributed by atoms with Crippen molar-refractivity contribution in [1.82, 2.24) is 5.32 Å². The van der Waals surface area contributed by atoms with E-state index in [-0.39, 0.29) is 12.5 Å². The van der Waals surface area contributed by atoms with E-state index in [0.717, 1.165) is 5.56 Å². The average Bonchev–Trinajstić information content (AvgIpc) is 3.04. The summed E-state index contributed by atoms with van der Waals surface area (Å²) in [6.07, 6.45) is 6.45. The number of hydrogen-bond acceptors (Lipinski definition) is 4. The summed E-state index contributed by atoms with van der Waals surface area (Å²) in [6.45, 7) is 0.280. The van der Waals surface area contributed by atoms with E-state index in [2.05, 4.69) is 5.32 Å². The number of amides is 1. The first-order chi connectivity index (χ1) is 10.2. The largest absolute Gasteiger partial charge is 0.387 e. The highest BCUT2D eigenvalue weighted by molar-refractivity contribution is 8.00. The van der Waals surface area contributed by atoms with Crippen LogP contribution in [0.25, 0.3) is 0 Å². The van der Waals surface area contributed by atoms with Crippen molar-refractivity contribution in [3.63, 3.8) is 0 Å². The third-order valence-electron chi connectivity index (χ3n) is 3.75. The second kappa shape index (κ2) is 8.71. The average molecular weight is 325 g/mol. The van der Waals surface area contributed by atoms with Crippen LogP contribution in [0, 0.1) is 0 Å². The summed E-state index contributed by atoms with van der Waals surface area (Å²) in [6, 6.07) is 7.80. The Balaban J connectivity index is 1.69. The lowest BCUT2D eigenvalue weighted by molar-refractivity contribution is -0.119. The molecule has 0 spiro atoms. The third-order valence-corrected chi connectivity index (χ3v) is 5.86. The number of hydrogen-bond donors (Lipinski definition) is 2. The molecule has 0 bridgehead atoms. The molecule has 1 aliphatic rings. The molecule has 3 nitrogen and oxygen atoms in total. The van der Waals surface area contributed by atoms with Crippen molar-refractivity contribution in [1.29, 1.82) is 0 Å². The van der Waals surface area contributed by atoms with Gasteiger partial charge in [-0.3, -0.25) is 4.79 Å². The van der Waals surface area contributed by atoms with E-state index >= 15 is 0 Å². The molecule has 1 atom stereocenters. The van der Waals surface area contributed by atoms with Crippen LogP contribution in [0.15, 0.2) is 29.2 Å². The van der Waals surface area contributed by atoms with Crippen LogP contribution in [0.3, 0.4) is 0 Å². The highest BCUT2D eigenvalue weighted by Gasteiger charge is 2.17. The number of aliphatic hydroxyl groups is 1. The van der Waals surface area contributed by atoms with Crippen LogP contribution >= 0.6 is 23.5 Å². The van der Waals surface area contributed by atoms with Gasteiger partial charge < -0.3 is 10.4 Å². The lowest BCUT2D eigenvalue weighted by Crippen LogP contribution is -2.30. The number of aliphatic hydroxyl groups excluding tert-OH is 1. The topological polar surface area (TPSA) is 49.3 Å². The summed E-state index contributed by atoms with van der Waals surface area (Å²) in [4.78, 5) is 13.0.